The molecule has 1 aromatic rings. The molecule has 118 valence electrons. The highest BCUT2D eigenvalue weighted by Gasteiger charge is 2.21. The van der Waals surface area contributed by atoms with Gasteiger partial charge in [0.2, 0.25) is 10.0 Å². The molecule has 0 spiro atoms. The maximum Gasteiger partial charge on any atom is 0.266 e. The summed E-state index contributed by atoms with van der Waals surface area (Å²) in [5.74, 6) is 0.348. The summed E-state index contributed by atoms with van der Waals surface area (Å²) in [5, 5.41) is -0.130. The maximum absolute atomic E-state index is 12.2. The molecular formula is C13H20ClN3O3S. The first-order chi connectivity index (χ1) is 9.92. The van der Waals surface area contributed by atoms with E-state index < -0.39 is 15.6 Å². The van der Waals surface area contributed by atoms with Crippen LogP contribution in [0.1, 0.15) is 19.8 Å². The van der Waals surface area contributed by atoms with Gasteiger partial charge in [0, 0.05) is 12.7 Å². The average molecular weight is 334 g/mol. The summed E-state index contributed by atoms with van der Waals surface area (Å²) in [7, 11) is -3.64. The molecule has 1 aromatic heterocycles. The number of sulfonamides is 1. The number of halogens is 1. The van der Waals surface area contributed by atoms with Crippen molar-refractivity contribution in [2.75, 3.05) is 26.2 Å². The third kappa shape index (κ3) is 4.29. The first kappa shape index (κ1) is 16.5. The van der Waals surface area contributed by atoms with Crippen LogP contribution in [-0.2, 0) is 10.0 Å². The number of H-pyrrole nitrogens is 1. The molecule has 0 aromatic carbocycles. The monoisotopic (exact) mass is 333 g/mol. The van der Waals surface area contributed by atoms with Crippen LogP contribution >= 0.6 is 11.6 Å². The zero-order valence-electron chi connectivity index (χ0n) is 11.9. The zero-order valence-corrected chi connectivity index (χ0v) is 13.5. The summed E-state index contributed by atoms with van der Waals surface area (Å²) >= 11 is 5.66. The second-order valence-electron chi connectivity index (χ2n) is 5.24. The number of piperidine rings is 1. The fraction of sp³-hybridized carbons (Fsp3) is 0.615. The van der Waals surface area contributed by atoms with Gasteiger partial charge in [0.25, 0.3) is 5.56 Å². The maximum atomic E-state index is 12.2. The van der Waals surface area contributed by atoms with E-state index in [0.29, 0.717) is 12.5 Å². The molecule has 0 bridgehead atoms. The van der Waals surface area contributed by atoms with Crippen molar-refractivity contribution in [2.24, 2.45) is 5.92 Å². The Kier molecular flexibility index (Phi) is 5.43. The second kappa shape index (κ2) is 6.91. The Hall–Kier alpha value is -0.890. The van der Waals surface area contributed by atoms with Crippen molar-refractivity contribution < 1.29 is 8.42 Å². The van der Waals surface area contributed by atoms with E-state index in [4.69, 9.17) is 11.6 Å². The number of hydrogen-bond acceptors (Lipinski definition) is 4. The molecule has 21 heavy (non-hydrogen) atoms. The van der Waals surface area contributed by atoms with Gasteiger partial charge in [-0.25, -0.2) is 13.1 Å². The summed E-state index contributed by atoms with van der Waals surface area (Å²) in [4.78, 5) is 15.8. The van der Waals surface area contributed by atoms with E-state index in [1.807, 2.05) is 0 Å². The Balaban J connectivity index is 1.95. The van der Waals surface area contributed by atoms with Crippen molar-refractivity contribution in [1.82, 2.24) is 14.6 Å². The van der Waals surface area contributed by atoms with Gasteiger partial charge in [-0.2, -0.15) is 0 Å². The number of aromatic nitrogens is 1. The predicted molar refractivity (Wildman–Crippen MR) is 82.1 cm³/mol. The van der Waals surface area contributed by atoms with Crippen molar-refractivity contribution in [1.29, 1.82) is 0 Å². The lowest BCUT2D eigenvalue weighted by Gasteiger charge is -2.30. The number of nitrogens with one attached hydrogen (secondary N) is 2. The van der Waals surface area contributed by atoms with Crippen LogP contribution in [0.2, 0.25) is 5.02 Å². The highest BCUT2D eigenvalue weighted by Crippen LogP contribution is 2.17. The molecule has 0 saturated carbocycles. The van der Waals surface area contributed by atoms with Crippen molar-refractivity contribution in [3.63, 3.8) is 0 Å². The molecule has 6 nitrogen and oxygen atoms in total. The van der Waals surface area contributed by atoms with Gasteiger partial charge in [-0.05, 0) is 44.5 Å². The molecule has 0 unspecified atom stereocenters. The molecule has 0 radical (unpaired) electrons. The van der Waals surface area contributed by atoms with Crippen molar-refractivity contribution in [3.8, 4) is 0 Å². The molecule has 1 aliphatic rings. The lowest BCUT2D eigenvalue weighted by atomic mass is 9.97. The molecular weight excluding hydrogens is 314 g/mol. The van der Waals surface area contributed by atoms with Crippen LogP contribution < -0.4 is 10.3 Å². The van der Waals surface area contributed by atoms with Gasteiger partial charge in [-0.15, -0.1) is 0 Å². The quantitative estimate of drug-likeness (QED) is 0.843. The van der Waals surface area contributed by atoms with Gasteiger partial charge >= 0.3 is 0 Å². The Labute approximate surface area is 129 Å². The predicted octanol–water partition coefficient (Wildman–Crippen LogP) is 1.04. The van der Waals surface area contributed by atoms with E-state index in [1.54, 1.807) is 0 Å². The van der Waals surface area contributed by atoms with Gasteiger partial charge in [-0.1, -0.05) is 18.5 Å². The molecule has 8 heteroatoms. The Bertz CT molecular complexity index is 636. The number of likely N-dealkylation sites (tertiary alicyclic amines) is 1. The smallest absolute Gasteiger partial charge is 0.266 e. The van der Waals surface area contributed by atoms with Crippen LogP contribution in [0.15, 0.2) is 22.0 Å². The van der Waals surface area contributed by atoms with Gasteiger partial charge < -0.3 is 9.88 Å². The van der Waals surface area contributed by atoms with Crippen LogP contribution in [0.25, 0.3) is 0 Å². The highest BCUT2D eigenvalue weighted by atomic mass is 35.5. The van der Waals surface area contributed by atoms with Crippen LogP contribution in [0.5, 0.6) is 0 Å². The number of rotatable bonds is 5. The van der Waals surface area contributed by atoms with E-state index in [-0.39, 0.29) is 9.92 Å². The SMILES string of the molecule is CCN1CCC(CNS(=O)(=O)c2c[nH]c(=O)c(Cl)c2)CC1. The van der Waals surface area contributed by atoms with Crippen molar-refractivity contribution in [2.45, 2.75) is 24.7 Å². The number of nitrogens with zero attached hydrogens (tertiary/aromatic N) is 1. The molecule has 1 fully saturated rings. The third-order valence-electron chi connectivity index (χ3n) is 3.86. The van der Waals surface area contributed by atoms with E-state index in [9.17, 15) is 13.2 Å². The fourth-order valence-corrected chi connectivity index (χ4v) is 3.76. The van der Waals surface area contributed by atoms with Crippen molar-refractivity contribution in [3.05, 3.63) is 27.6 Å². The fourth-order valence-electron chi connectivity index (χ4n) is 2.41. The molecule has 0 aliphatic carbocycles. The minimum Gasteiger partial charge on any atom is -0.326 e. The van der Waals surface area contributed by atoms with E-state index in [0.717, 1.165) is 38.7 Å². The average Bonchev–Trinajstić information content (AvgIpc) is 2.48. The standard InChI is InChI=1S/C13H20ClN3O3S/c1-2-17-5-3-10(4-6-17)8-16-21(19,20)11-7-12(14)13(18)15-9-11/h7,9-10,16H,2-6,8H2,1H3,(H,15,18). The first-order valence-electron chi connectivity index (χ1n) is 7.02. The molecule has 1 saturated heterocycles. The van der Waals surface area contributed by atoms with Crippen LogP contribution in [0.4, 0.5) is 0 Å². The summed E-state index contributed by atoms with van der Waals surface area (Å²) in [6.07, 6.45) is 3.14. The molecule has 2 heterocycles. The Morgan fingerprint density at radius 3 is 2.67 bits per heavy atom. The normalized spacial score (nSPS) is 18.0. The van der Waals surface area contributed by atoms with Crippen LogP contribution in [0, 0.1) is 5.92 Å². The minimum absolute atomic E-state index is 0.0157. The van der Waals surface area contributed by atoms with Crippen LogP contribution in [-0.4, -0.2) is 44.5 Å². The topological polar surface area (TPSA) is 82.3 Å². The first-order valence-corrected chi connectivity index (χ1v) is 8.88. The minimum atomic E-state index is -3.64. The summed E-state index contributed by atoms with van der Waals surface area (Å²) in [6.45, 7) is 5.59. The summed E-state index contributed by atoms with van der Waals surface area (Å²) < 4.78 is 26.9. The van der Waals surface area contributed by atoms with Gasteiger partial charge in [0.15, 0.2) is 0 Å². The van der Waals surface area contributed by atoms with Crippen LogP contribution in [0.3, 0.4) is 0 Å². The molecule has 2 rings (SSSR count). The van der Waals surface area contributed by atoms with Gasteiger partial charge in [0.05, 0.1) is 4.90 Å². The Morgan fingerprint density at radius 1 is 1.43 bits per heavy atom. The molecule has 2 N–H and O–H groups in total. The molecule has 1 aliphatic heterocycles. The van der Waals surface area contributed by atoms with Crippen molar-refractivity contribution >= 4 is 21.6 Å². The third-order valence-corrected chi connectivity index (χ3v) is 5.54. The van der Waals surface area contributed by atoms with Gasteiger partial charge in [0.1, 0.15) is 5.02 Å². The second-order valence-corrected chi connectivity index (χ2v) is 7.42. The van der Waals surface area contributed by atoms with E-state index in [1.165, 1.54) is 6.07 Å². The number of pyridine rings is 1. The molecule has 0 atom stereocenters. The largest absolute Gasteiger partial charge is 0.326 e. The molecule has 0 amide bonds. The number of hydrogen-bond donors (Lipinski definition) is 2. The zero-order chi connectivity index (χ0) is 15.5. The van der Waals surface area contributed by atoms with E-state index in [2.05, 4.69) is 21.5 Å². The summed E-state index contributed by atoms with van der Waals surface area (Å²) in [5.41, 5.74) is -0.498. The Morgan fingerprint density at radius 2 is 2.10 bits per heavy atom. The van der Waals surface area contributed by atoms with Gasteiger partial charge in [-0.3, -0.25) is 4.79 Å². The lowest BCUT2D eigenvalue weighted by Crippen LogP contribution is -2.38. The lowest BCUT2D eigenvalue weighted by molar-refractivity contribution is 0.194. The highest BCUT2D eigenvalue weighted by molar-refractivity contribution is 7.89. The summed E-state index contributed by atoms with van der Waals surface area (Å²) in [6, 6.07) is 1.17. The number of aromatic amines is 1. The van der Waals surface area contributed by atoms with E-state index >= 15 is 0 Å².